The molecule has 0 saturated heterocycles. The topological polar surface area (TPSA) is 124 Å². The first-order chi connectivity index (χ1) is 40.5. The van der Waals surface area contributed by atoms with E-state index < -0.39 is 0 Å². The molecule has 0 spiro atoms. The fourth-order valence-corrected chi connectivity index (χ4v) is 11.2. The number of anilines is 2. The number of rotatable bonds is 7. The Bertz CT molecular complexity index is 3650. The number of hydrogen-bond donors (Lipinski definition) is 4. The van der Waals surface area contributed by atoms with E-state index in [-0.39, 0.29) is 0 Å². The van der Waals surface area contributed by atoms with Crippen molar-refractivity contribution in [3.63, 3.8) is 0 Å². The Morgan fingerprint density at radius 2 is 1.12 bits per heavy atom. The molecule has 4 N–H and O–H groups in total. The smallest absolute Gasteiger partial charge is 0.163 e. The van der Waals surface area contributed by atoms with E-state index in [2.05, 4.69) is 286 Å². The van der Waals surface area contributed by atoms with Gasteiger partial charge in [0, 0.05) is 88.5 Å². The van der Waals surface area contributed by atoms with Crippen LogP contribution in [0.5, 0.6) is 0 Å². The standard InChI is InChI=1S/C11H15N.2C11H13N.C11H15N.C11H13N.C10H12N2.C8H10N4/c2*1-8(2)9-4-3-5-11-10(9)6-7-12-11;1-8(2)10-5-3-4-9-6-7-12-11(9)10;2*1-9(2)12-8-7-10-5-3-4-6-11(10)12;1-7(2)8-4-3-5-10-9(8)6-11-12-10;1-6(2)12-5-11-7-3-9-4-10-8(7)12/h3-5,8,12H,6-7H2,1-2H3;2*3-8,12H,1-2H3;3-6,9H,7-8H2,1-2H3;3-9H,1-2H3;3-7H,1-2H3,(H,11,12);3-6H,1-2H3. The zero-order valence-electron chi connectivity index (χ0n) is 52.3. The highest BCUT2D eigenvalue weighted by Gasteiger charge is 2.20. The van der Waals surface area contributed by atoms with E-state index in [1.165, 1.54) is 102 Å². The second-order valence-corrected chi connectivity index (χ2v) is 23.9. The predicted octanol–water partition coefficient (Wildman–Crippen LogP) is 19.1. The van der Waals surface area contributed by atoms with Crippen molar-refractivity contribution in [1.29, 1.82) is 0 Å². The molecule has 12 aromatic rings. The third-order valence-corrected chi connectivity index (χ3v) is 15.7. The van der Waals surface area contributed by atoms with Gasteiger partial charge in [-0.3, -0.25) is 5.10 Å². The number of benzene rings is 6. The number of hydrogen-bond acceptors (Lipinski definition) is 6. The summed E-state index contributed by atoms with van der Waals surface area (Å²) in [5.74, 6) is 2.41. The van der Waals surface area contributed by atoms with E-state index in [1.54, 1.807) is 18.9 Å². The van der Waals surface area contributed by atoms with Crippen LogP contribution in [0.4, 0.5) is 11.4 Å². The van der Waals surface area contributed by atoms with Crippen LogP contribution >= 0.6 is 0 Å². The summed E-state index contributed by atoms with van der Waals surface area (Å²) in [4.78, 5) is 21.2. The van der Waals surface area contributed by atoms with Gasteiger partial charge < -0.3 is 29.3 Å². The molecular weight excluding hydrogens is 1030 g/mol. The lowest BCUT2D eigenvalue weighted by Gasteiger charge is -2.23. The molecule has 84 heavy (non-hydrogen) atoms. The van der Waals surface area contributed by atoms with Gasteiger partial charge in [0.15, 0.2) is 5.65 Å². The summed E-state index contributed by atoms with van der Waals surface area (Å²) in [6, 6.07) is 50.9. The molecule has 0 bridgehead atoms. The molecule has 2 aliphatic rings. The van der Waals surface area contributed by atoms with Gasteiger partial charge >= 0.3 is 0 Å². The zero-order valence-corrected chi connectivity index (χ0v) is 52.3. The maximum atomic E-state index is 4.18. The van der Waals surface area contributed by atoms with Gasteiger partial charge in [-0.05, 0) is 171 Å². The van der Waals surface area contributed by atoms with Crippen LogP contribution in [0, 0.1) is 0 Å². The van der Waals surface area contributed by atoms with Crippen molar-refractivity contribution in [1.82, 2.24) is 44.3 Å². The van der Waals surface area contributed by atoms with Crippen molar-refractivity contribution in [2.24, 2.45) is 0 Å². The molecule has 11 heteroatoms. The lowest BCUT2D eigenvalue weighted by Crippen LogP contribution is -2.28. The number of para-hydroxylation sites is 3. The Morgan fingerprint density at radius 1 is 0.488 bits per heavy atom. The molecule has 6 aromatic carbocycles. The van der Waals surface area contributed by atoms with Crippen LogP contribution < -0.4 is 10.2 Å². The summed E-state index contributed by atoms with van der Waals surface area (Å²) in [5, 5.41) is 15.6. The van der Waals surface area contributed by atoms with E-state index in [9.17, 15) is 0 Å². The highest BCUT2D eigenvalue weighted by molar-refractivity contribution is 5.84. The Labute approximate surface area is 499 Å². The van der Waals surface area contributed by atoms with Gasteiger partial charge in [-0.25, -0.2) is 15.0 Å². The number of aromatic nitrogens is 9. The molecule has 6 aromatic heterocycles. The van der Waals surface area contributed by atoms with Crippen LogP contribution in [-0.2, 0) is 12.8 Å². The van der Waals surface area contributed by atoms with Gasteiger partial charge in [0.2, 0.25) is 0 Å². The maximum Gasteiger partial charge on any atom is 0.163 e. The molecule has 8 heterocycles. The molecule has 11 nitrogen and oxygen atoms in total. The SMILES string of the molecule is CC(C)N1CCc2ccccc21.CC(C)c1cccc2[nH]ccc12.CC(C)c1cccc2[nH]ncc12.CC(C)c1cccc2c1CCN2.CC(C)c1cccc2cc[nH]c12.CC(C)n1ccc2ccccc21.CC(C)n1cnc2cncnc21. The van der Waals surface area contributed by atoms with Gasteiger partial charge in [0.25, 0.3) is 0 Å². The Balaban J connectivity index is 0.000000128. The number of H-pyrrole nitrogens is 3. The highest BCUT2D eigenvalue weighted by Crippen LogP contribution is 2.31. The second-order valence-electron chi connectivity index (χ2n) is 23.9. The van der Waals surface area contributed by atoms with Crippen LogP contribution in [0.2, 0.25) is 0 Å². The van der Waals surface area contributed by atoms with Crippen molar-refractivity contribution >= 4 is 66.2 Å². The summed E-state index contributed by atoms with van der Waals surface area (Å²) in [5.41, 5.74) is 18.3. The monoisotopic (exact) mass is 1120 g/mol. The molecule has 2 aliphatic heterocycles. The quantitative estimate of drug-likeness (QED) is 0.126. The Hall–Kier alpha value is -8.44. The second kappa shape index (κ2) is 29.2. The number of aromatic amines is 3. The summed E-state index contributed by atoms with van der Waals surface area (Å²) in [7, 11) is 0. The minimum absolute atomic E-state index is 0.393. The largest absolute Gasteiger partial charge is 0.384 e. The fourth-order valence-electron chi connectivity index (χ4n) is 11.2. The molecule has 0 radical (unpaired) electrons. The van der Waals surface area contributed by atoms with Gasteiger partial charge in [-0.2, -0.15) is 5.10 Å². The van der Waals surface area contributed by atoms with Gasteiger partial charge in [0.1, 0.15) is 11.8 Å². The van der Waals surface area contributed by atoms with Crippen molar-refractivity contribution in [2.45, 2.75) is 152 Å². The Kier molecular flexibility index (Phi) is 21.4. The molecule has 438 valence electrons. The molecule has 0 saturated carbocycles. The van der Waals surface area contributed by atoms with Crippen LogP contribution in [0.1, 0.15) is 166 Å². The van der Waals surface area contributed by atoms with Crippen molar-refractivity contribution < 1.29 is 0 Å². The third kappa shape index (κ3) is 15.2. The average Bonchev–Trinajstić information content (AvgIpc) is 4.51. The molecule has 0 aliphatic carbocycles. The number of nitrogens with one attached hydrogen (secondary N) is 4. The Morgan fingerprint density at radius 3 is 1.85 bits per heavy atom. The molecular formula is C73H91N11. The summed E-state index contributed by atoms with van der Waals surface area (Å²) < 4.78 is 4.31. The molecule has 0 unspecified atom stereocenters. The maximum absolute atomic E-state index is 4.18. The van der Waals surface area contributed by atoms with E-state index in [0.29, 0.717) is 41.8 Å². The third-order valence-electron chi connectivity index (χ3n) is 15.7. The predicted molar refractivity (Wildman–Crippen MR) is 358 cm³/mol. The number of nitrogens with zero attached hydrogens (tertiary/aromatic N) is 7. The highest BCUT2D eigenvalue weighted by atomic mass is 15.2. The summed E-state index contributed by atoms with van der Waals surface area (Å²) in [6.07, 6.45) is 15.5. The fraction of sp³-hybridized carbons (Fsp3) is 0.342. The van der Waals surface area contributed by atoms with E-state index in [1.807, 2.05) is 29.2 Å². The number of fused-ring (bicyclic) bond motifs is 7. The molecule has 0 fully saturated rings. The summed E-state index contributed by atoms with van der Waals surface area (Å²) in [6.45, 7) is 33.2. The minimum Gasteiger partial charge on any atom is -0.384 e. The van der Waals surface area contributed by atoms with E-state index >= 15 is 0 Å². The average molecular weight is 1120 g/mol. The lowest BCUT2D eigenvalue weighted by atomic mass is 9.96. The first-order valence-electron chi connectivity index (χ1n) is 30.4. The minimum atomic E-state index is 0.393. The van der Waals surface area contributed by atoms with E-state index in [0.717, 1.165) is 23.2 Å². The lowest BCUT2D eigenvalue weighted by molar-refractivity contribution is 0.612. The molecule has 0 amide bonds. The normalized spacial score (nSPS) is 12.3. The van der Waals surface area contributed by atoms with Gasteiger partial charge in [-0.15, -0.1) is 0 Å². The molecule has 14 rings (SSSR count). The van der Waals surface area contributed by atoms with Gasteiger partial charge in [0.05, 0.1) is 24.2 Å². The van der Waals surface area contributed by atoms with Gasteiger partial charge in [-0.1, -0.05) is 146 Å². The zero-order chi connectivity index (χ0) is 59.9. The molecule has 0 atom stereocenters. The number of imidazole rings is 1. The summed E-state index contributed by atoms with van der Waals surface area (Å²) >= 11 is 0. The van der Waals surface area contributed by atoms with Crippen LogP contribution in [0.15, 0.2) is 183 Å². The van der Waals surface area contributed by atoms with Crippen LogP contribution in [0.25, 0.3) is 54.8 Å². The van der Waals surface area contributed by atoms with Crippen molar-refractivity contribution in [3.05, 3.63) is 217 Å². The van der Waals surface area contributed by atoms with Crippen LogP contribution in [0.3, 0.4) is 0 Å². The van der Waals surface area contributed by atoms with Crippen molar-refractivity contribution in [2.75, 3.05) is 23.3 Å². The first-order valence-corrected chi connectivity index (χ1v) is 30.4. The first kappa shape index (κ1) is 61.6. The van der Waals surface area contributed by atoms with E-state index in [4.69, 9.17) is 0 Å². The van der Waals surface area contributed by atoms with Crippen LogP contribution in [-0.4, -0.2) is 63.4 Å². The van der Waals surface area contributed by atoms with Crippen molar-refractivity contribution in [3.8, 4) is 0 Å².